The highest BCUT2D eigenvalue weighted by molar-refractivity contribution is 6.01. The van der Waals surface area contributed by atoms with Gasteiger partial charge in [-0.25, -0.2) is 9.07 Å². The van der Waals surface area contributed by atoms with Crippen LogP contribution in [0.2, 0.25) is 0 Å². The molecule has 6 nitrogen and oxygen atoms in total. The second kappa shape index (κ2) is 8.16. The largest absolute Gasteiger partial charge is 0.496 e. The summed E-state index contributed by atoms with van der Waals surface area (Å²) in [6.45, 7) is -0.264. The monoisotopic (exact) mass is 403 g/mol. The van der Waals surface area contributed by atoms with Crippen LogP contribution in [0.25, 0.3) is 22.0 Å². The van der Waals surface area contributed by atoms with Gasteiger partial charge in [0.05, 0.1) is 12.8 Å². The van der Waals surface area contributed by atoms with Crippen molar-refractivity contribution in [3.63, 3.8) is 0 Å². The summed E-state index contributed by atoms with van der Waals surface area (Å²) in [7, 11) is 1.42. The number of ether oxygens (including phenoxy) is 1. The highest BCUT2D eigenvalue weighted by Crippen LogP contribution is 2.28. The Kier molecular flexibility index (Phi) is 5.26. The van der Waals surface area contributed by atoms with Crippen LogP contribution in [0, 0.1) is 5.82 Å². The minimum absolute atomic E-state index is 0.264. The molecule has 30 heavy (non-hydrogen) atoms. The number of benzene rings is 3. The summed E-state index contributed by atoms with van der Waals surface area (Å²) >= 11 is 0. The Morgan fingerprint density at radius 3 is 2.70 bits per heavy atom. The van der Waals surface area contributed by atoms with Gasteiger partial charge in [-0.15, -0.1) is 0 Å². The van der Waals surface area contributed by atoms with E-state index in [1.54, 1.807) is 6.07 Å². The third kappa shape index (κ3) is 3.91. The van der Waals surface area contributed by atoms with Crippen molar-refractivity contribution in [3.8, 4) is 17.0 Å². The van der Waals surface area contributed by atoms with Gasteiger partial charge in [-0.2, -0.15) is 5.10 Å². The van der Waals surface area contributed by atoms with Crippen LogP contribution in [0.4, 0.5) is 10.1 Å². The van der Waals surface area contributed by atoms with E-state index in [1.807, 2.05) is 36.4 Å². The van der Waals surface area contributed by atoms with Crippen LogP contribution >= 0.6 is 0 Å². The fourth-order valence-corrected chi connectivity index (χ4v) is 3.24. The highest BCUT2D eigenvalue weighted by Gasteiger charge is 2.13. The third-order valence-corrected chi connectivity index (χ3v) is 4.66. The number of fused-ring (bicyclic) bond motifs is 1. The highest BCUT2D eigenvalue weighted by atomic mass is 19.1. The average molecular weight is 403 g/mol. The molecule has 0 aliphatic carbocycles. The van der Waals surface area contributed by atoms with Crippen molar-refractivity contribution in [2.75, 3.05) is 12.4 Å². The zero-order valence-electron chi connectivity index (χ0n) is 16.1. The Labute approximate surface area is 171 Å². The van der Waals surface area contributed by atoms with Gasteiger partial charge in [0, 0.05) is 28.8 Å². The molecule has 0 saturated heterocycles. The molecule has 4 aromatic rings. The van der Waals surface area contributed by atoms with Crippen molar-refractivity contribution in [1.29, 1.82) is 0 Å². The first-order valence-electron chi connectivity index (χ1n) is 9.25. The predicted octanol–water partition coefficient (Wildman–Crippen LogP) is 3.85. The number of carbonyl (C=O) groups is 1. The van der Waals surface area contributed by atoms with Crippen LogP contribution in [0.3, 0.4) is 0 Å². The topological polar surface area (TPSA) is 73.2 Å². The molecule has 7 heteroatoms. The summed E-state index contributed by atoms with van der Waals surface area (Å²) in [5.41, 5.74) is 1.14. The smallest absolute Gasteiger partial charge is 0.267 e. The van der Waals surface area contributed by atoms with E-state index in [-0.39, 0.29) is 18.2 Å². The summed E-state index contributed by atoms with van der Waals surface area (Å²) in [6, 6.07) is 20.1. The number of nitrogens with one attached hydrogen (secondary N) is 1. The molecule has 1 N–H and O–H groups in total. The Balaban J connectivity index is 1.61. The second-order valence-corrected chi connectivity index (χ2v) is 6.63. The van der Waals surface area contributed by atoms with E-state index in [9.17, 15) is 14.0 Å². The molecule has 150 valence electrons. The standard InChI is InChI=1S/C23H18FN3O3/c1-30-21-13-16(24)9-10-18(21)20-11-12-23(29)27(26-20)14-22(28)25-19-8-4-6-15-5-2-3-7-17(15)19/h2-13H,14H2,1H3,(H,25,28). The molecule has 0 spiro atoms. The zero-order chi connectivity index (χ0) is 21.1. The second-order valence-electron chi connectivity index (χ2n) is 6.63. The molecular weight excluding hydrogens is 385 g/mol. The fourth-order valence-electron chi connectivity index (χ4n) is 3.24. The van der Waals surface area contributed by atoms with Gasteiger partial charge in [0.1, 0.15) is 18.1 Å². The zero-order valence-corrected chi connectivity index (χ0v) is 16.1. The molecule has 3 aromatic carbocycles. The summed E-state index contributed by atoms with van der Waals surface area (Å²) in [5.74, 6) is -0.546. The molecule has 1 aromatic heterocycles. The molecule has 0 radical (unpaired) electrons. The van der Waals surface area contributed by atoms with Crippen molar-refractivity contribution in [2.45, 2.75) is 6.54 Å². The number of hydrogen-bond acceptors (Lipinski definition) is 4. The fraction of sp³-hybridized carbons (Fsp3) is 0.0870. The third-order valence-electron chi connectivity index (χ3n) is 4.66. The maximum Gasteiger partial charge on any atom is 0.267 e. The summed E-state index contributed by atoms with van der Waals surface area (Å²) < 4.78 is 19.7. The van der Waals surface area contributed by atoms with Crippen LogP contribution < -0.4 is 15.6 Å². The molecule has 1 heterocycles. The van der Waals surface area contributed by atoms with E-state index in [1.165, 1.54) is 37.4 Å². The molecule has 0 aliphatic heterocycles. The quantitative estimate of drug-likeness (QED) is 0.549. The van der Waals surface area contributed by atoms with Crippen molar-refractivity contribution in [2.24, 2.45) is 0 Å². The molecule has 0 aliphatic rings. The lowest BCUT2D eigenvalue weighted by molar-refractivity contribution is -0.117. The van der Waals surface area contributed by atoms with Crippen LogP contribution in [-0.4, -0.2) is 22.8 Å². The molecule has 0 atom stereocenters. The van der Waals surface area contributed by atoms with E-state index < -0.39 is 11.4 Å². The minimum Gasteiger partial charge on any atom is -0.496 e. The summed E-state index contributed by atoms with van der Waals surface area (Å²) in [4.78, 5) is 24.8. The maximum absolute atomic E-state index is 13.5. The first-order valence-corrected chi connectivity index (χ1v) is 9.25. The molecular formula is C23H18FN3O3. The van der Waals surface area contributed by atoms with Gasteiger partial charge >= 0.3 is 0 Å². The molecule has 1 amide bonds. The lowest BCUT2D eigenvalue weighted by Crippen LogP contribution is -2.29. The molecule has 4 rings (SSSR count). The molecule has 0 unspecified atom stereocenters. The molecule has 0 bridgehead atoms. The number of rotatable bonds is 5. The van der Waals surface area contributed by atoms with E-state index >= 15 is 0 Å². The van der Waals surface area contributed by atoms with Crippen LogP contribution in [-0.2, 0) is 11.3 Å². The van der Waals surface area contributed by atoms with E-state index in [0.717, 1.165) is 15.5 Å². The minimum atomic E-state index is -0.446. The van der Waals surface area contributed by atoms with Crippen molar-refractivity contribution < 1.29 is 13.9 Å². The number of aromatic nitrogens is 2. The number of amides is 1. The Hall–Kier alpha value is -4.00. The lowest BCUT2D eigenvalue weighted by Gasteiger charge is -2.11. The SMILES string of the molecule is COc1cc(F)ccc1-c1ccc(=O)n(CC(=O)Nc2cccc3ccccc23)n1. The van der Waals surface area contributed by atoms with E-state index in [2.05, 4.69) is 10.4 Å². The van der Waals surface area contributed by atoms with Crippen molar-refractivity contribution in [3.05, 3.63) is 89.0 Å². The Morgan fingerprint density at radius 2 is 1.87 bits per heavy atom. The van der Waals surface area contributed by atoms with Gasteiger partial charge in [-0.1, -0.05) is 36.4 Å². The van der Waals surface area contributed by atoms with Crippen molar-refractivity contribution >= 4 is 22.4 Å². The lowest BCUT2D eigenvalue weighted by atomic mass is 10.1. The number of hydrogen-bond donors (Lipinski definition) is 1. The Morgan fingerprint density at radius 1 is 1.07 bits per heavy atom. The van der Waals surface area contributed by atoms with E-state index in [4.69, 9.17) is 4.74 Å². The number of nitrogens with zero attached hydrogens (tertiary/aromatic N) is 2. The van der Waals surface area contributed by atoms with Crippen LogP contribution in [0.1, 0.15) is 0 Å². The molecule has 0 saturated carbocycles. The van der Waals surface area contributed by atoms with Crippen LogP contribution in [0.15, 0.2) is 77.6 Å². The first-order chi connectivity index (χ1) is 14.5. The predicted molar refractivity (Wildman–Crippen MR) is 113 cm³/mol. The maximum atomic E-state index is 13.5. The number of methoxy groups -OCH3 is 1. The number of carbonyl (C=O) groups excluding carboxylic acids is 1. The Bertz CT molecular complexity index is 1300. The summed E-state index contributed by atoms with van der Waals surface area (Å²) in [6.07, 6.45) is 0. The van der Waals surface area contributed by atoms with Gasteiger partial charge in [-0.3, -0.25) is 9.59 Å². The molecule has 0 fully saturated rings. The van der Waals surface area contributed by atoms with Gasteiger partial charge in [0.15, 0.2) is 0 Å². The van der Waals surface area contributed by atoms with Gasteiger partial charge in [0.2, 0.25) is 5.91 Å². The average Bonchev–Trinajstić information content (AvgIpc) is 2.75. The number of anilines is 1. The van der Waals surface area contributed by atoms with Gasteiger partial charge in [-0.05, 0) is 29.7 Å². The normalized spacial score (nSPS) is 10.7. The van der Waals surface area contributed by atoms with Gasteiger partial charge in [0.25, 0.3) is 5.56 Å². The summed E-state index contributed by atoms with van der Waals surface area (Å²) in [5, 5.41) is 9.00. The van der Waals surface area contributed by atoms with E-state index in [0.29, 0.717) is 16.9 Å². The van der Waals surface area contributed by atoms with Crippen molar-refractivity contribution in [1.82, 2.24) is 9.78 Å². The first kappa shape index (κ1) is 19.3. The van der Waals surface area contributed by atoms with Gasteiger partial charge < -0.3 is 10.1 Å². The number of halogens is 1. The van der Waals surface area contributed by atoms with Crippen LogP contribution in [0.5, 0.6) is 5.75 Å².